The highest BCUT2D eigenvalue weighted by Crippen LogP contribution is 2.36. The summed E-state index contributed by atoms with van der Waals surface area (Å²) in [6, 6.07) is 10.8. The third kappa shape index (κ3) is 4.42. The molecular weight excluding hydrogens is 447 g/mol. The number of pyridine rings is 2. The van der Waals surface area contributed by atoms with Gasteiger partial charge in [-0.3, -0.25) is 4.98 Å². The standard InChI is InChI=1S/C23H20F3N7O/c24-23(25,26)16-3-1-2-15-17(6-7-28-21(15)16)30-20-12-18(14-4-5-19(27)29-13-14)31-22(32-20)33-8-10-34-11-9-33/h1-7,12-13H,8-11H2,(H2,27,29)(H,28,30,31,32). The van der Waals surface area contributed by atoms with E-state index in [9.17, 15) is 13.2 Å². The molecule has 174 valence electrons. The molecular formula is C23H20F3N7O. The number of rotatable bonds is 4. The molecule has 1 fully saturated rings. The van der Waals surface area contributed by atoms with E-state index in [1.54, 1.807) is 36.5 Å². The fourth-order valence-electron chi connectivity index (χ4n) is 3.76. The number of alkyl halides is 3. The van der Waals surface area contributed by atoms with Crippen molar-refractivity contribution in [3.63, 3.8) is 0 Å². The molecule has 0 bridgehead atoms. The summed E-state index contributed by atoms with van der Waals surface area (Å²) in [5, 5.41) is 3.50. The Balaban J connectivity index is 1.59. The Morgan fingerprint density at radius 2 is 1.82 bits per heavy atom. The molecule has 0 atom stereocenters. The van der Waals surface area contributed by atoms with Gasteiger partial charge in [0, 0.05) is 42.5 Å². The fraction of sp³-hybridized carbons (Fsp3) is 0.217. The lowest BCUT2D eigenvalue weighted by Gasteiger charge is -2.27. The minimum atomic E-state index is -4.52. The first-order valence-electron chi connectivity index (χ1n) is 10.5. The van der Waals surface area contributed by atoms with Gasteiger partial charge < -0.3 is 20.7 Å². The summed E-state index contributed by atoms with van der Waals surface area (Å²) in [5.41, 5.74) is 6.56. The summed E-state index contributed by atoms with van der Waals surface area (Å²) in [6.45, 7) is 2.34. The van der Waals surface area contributed by atoms with Crippen LogP contribution in [0.25, 0.3) is 22.2 Å². The zero-order chi connectivity index (χ0) is 23.7. The molecule has 4 aromatic rings. The Kier molecular flexibility index (Phi) is 5.62. The van der Waals surface area contributed by atoms with Gasteiger partial charge in [-0.2, -0.15) is 18.2 Å². The monoisotopic (exact) mass is 467 g/mol. The van der Waals surface area contributed by atoms with E-state index >= 15 is 0 Å². The van der Waals surface area contributed by atoms with Crippen molar-refractivity contribution in [1.29, 1.82) is 0 Å². The Morgan fingerprint density at radius 1 is 1.00 bits per heavy atom. The topological polar surface area (TPSA) is 102 Å². The van der Waals surface area contributed by atoms with E-state index in [1.165, 1.54) is 12.3 Å². The number of nitrogen functional groups attached to an aromatic ring is 1. The average molecular weight is 467 g/mol. The van der Waals surface area contributed by atoms with Crippen molar-refractivity contribution in [2.75, 3.05) is 42.3 Å². The van der Waals surface area contributed by atoms with E-state index in [2.05, 4.69) is 25.3 Å². The van der Waals surface area contributed by atoms with Gasteiger partial charge in [0.15, 0.2) is 0 Å². The molecule has 11 heteroatoms. The van der Waals surface area contributed by atoms with Crippen molar-refractivity contribution in [2.45, 2.75) is 6.18 Å². The molecule has 1 aromatic carbocycles. The Bertz CT molecular complexity index is 1320. The molecule has 34 heavy (non-hydrogen) atoms. The quantitative estimate of drug-likeness (QED) is 0.459. The van der Waals surface area contributed by atoms with E-state index in [0.717, 1.165) is 11.6 Å². The molecule has 1 saturated heterocycles. The molecule has 0 spiro atoms. The lowest BCUT2D eigenvalue weighted by Crippen LogP contribution is -2.37. The second-order valence-corrected chi connectivity index (χ2v) is 7.69. The number of aromatic nitrogens is 4. The van der Waals surface area contributed by atoms with Crippen LogP contribution in [0.3, 0.4) is 0 Å². The summed E-state index contributed by atoms with van der Waals surface area (Å²) >= 11 is 0. The van der Waals surface area contributed by atoms with Crippen LogP contribution in [0.2, 0.25) is 0 Å². The van der Waals surface area contributed by atoms with Crippen LogP contribution >= 0.6 is 0 Å². The zero-order valence-electron chi connectivity index (χ0n) is 17.9. The maximum Gasteiger partial charge on any atom is 0.418 e. The maximum atomic E-state index is 13.5. The highest BCUT2D eigenvalue weighted by atomic mass is 19.4. The number of nitrogens with two attached hydrogens (primary N) is 1. The van der Waals surface area contributed by atoms with Gasteiger partial charge >= 0.3 is 6.18 Å². The number of nitrogens with zero attached hydrogens (tertiary/aromatic N) is 5. The van der Waals surface area contributed by atoms with Crippen LogP contribution < -0.4 is 16.0 Å². The molecule has 0 radical (unpaired) electrons. The molecule has 0 saturated carbocycles. The SMILES string of the molecule is Nc1ccc(-c2cc(Nc3ccnc4c(C(F)(F)F)cccc34)nc(N3CCOCC3)n2)cn1. The molecule has 1 aliphatic rings. The Morgan fingerprint density at radius 3 is 2.56 bits per heavy atom. The number of halogens is 3. The third-order valence-corrected chi connectivity index (χ3v) is 5.43. The third-order valence-electron chi connectivity index (χ3n) is 5.43. The molecule has 0 unspecified atom stereocenters. The van der Waals surface area contributed by atoms with Crippen molar-refractivity contribution < 1.29 is 17.9 Å². The van der Waals surface area contributed by atoms with Gasteiger partial charge in [0.05, 0.1) is 35.7 Å². The van der Waals surface area contributed by atoms with Gasteiger partial charge in [0.25, 0.3) is 0 Å². The fourth-order valence-corrected chi connectivity index (χ4v) is 3.76. The molecule has 0 amide bonds. The summed E-state index contributed by atoms with van der Waals surface area (Å²) in [7, 11) is 0. The van der Waals surface area contributed by atoms with Crippen LogP contribution in [0.15, 0.2) is 54.9 Å². The predicted molar refractivity (Wildman–Crippen MR) is 123 cm³/mol. The van der Waals surface area contributed by atoms with E-state index in [1.807, 2.05) is 4.90 Å². The minimum absolute atomic E-state index is 0.134. The first-order valence-corrected chi connectivity index (χ1v) is 10.5. The molecule has 5 rings (SSSR count). The molecule has 4 heterocycles. The number of nitrogens with one attached hydrogen (secondary N) is 1. The van der Waals surface area contributed by atoms with Crippen LogP contribution in [-0.2, 0) is 10.9 Å². The van der Waals surface area contributed by atoms with Gasteiger partial charge in [-0.15, -0.1) is 0 Å². The van der Waals surface area contributed by atoms with E-state index in [4.69, 9.17) is 10.5 Å². The van der Waals surface area contributed by atoms with Gasteiger partial charge in [-0.25, -0.2) is 9.97 Å². The van der Waals surface area contributed by atoms with E-state index in [0.29, 0.717) is 60.7 Å². The first-order chi connectivity index (χ1) is 16.4. The average Bonchev–Trinajstić information content (AvgIpc) is 2.84. The number of ether oxygens (including phenoxy) is 1. The second-order valence-electron chi connectivity index (χ2n) is 7.69. The lowest BCUT2D eigenvalue weighted by atomic mass is 10.1. The van der Waals surface area contributed by atoms with Gasteiger partial charge in [0.1, 0.15) is 11.6 Å². The zero-order valence-corrected chi connectivity index (χ0v) is 17.9. The van der Waals surface area contributed by atoms with Crippen LogP contribution in [0.1, 0.15) is 5.56 Å². The summed E-state index contributed by atoms with van der Waals surface area (Å²) < 4.78 is 45.9. The summed E-state index contributed by atoms with van der Waals surface area (Å²) in [6.07, 6.45) is -1.56. The van der Waals surface area contributed by atoms with Crippen molar-refractivity contribution in [3.05, 3.63) is 60.4 Å². The Hall–Kier alpha value is -3.99. The number of hydrogen-bond donors (Lipinski definition) is 2. The number of hydrogen-bond acceptors (Lipinski definition) is 8. The minimum Gasteiger partial charge on any atom is -0.384 e. The van der Waals surface area contributed by atoms with Gasteiger partial charge in [-0.1, -0.05) is 12.1 Å². The van der Waals surface area contributed by atoms with Gasteiger partial charge in [-0.05, 0) is 24.3 Å². The number of morpholine rings is 1. The Labute approximate surface area is 192 Å². The summed E-state index contributed by atoms with van der Waals surface area (Å²) in [5.74, 6) is 1.29. The van der Waals surface area contributed by atoms with Gasteiger partial charge in [0.2, 0.25) is 5.95 Å². The molecule has 0 aliphatic carbocycles. The first kappa shape index (κ1) is 21.8. The molecule has 8 nitrogen and oxygen atoms in total. The molecule has 3 N–H and O–H groups in total. The van der Waals surface area contributed by atoms with E-state index < -0.39 is 11.7 Å². The highest BCUT2D eigenvalue weighted by molar-refractivity contribution is 5.94. The number of para-hydroxylation sites is 1. The van der Waals surface area contributed by atoms with Crippen molar-refractivity contribution >= 4 is 34.2 Å². The largest absolute Gasteiger partial charge is 0.418 e. The van der Waals surface area contributed by atoms with Crippen molar-refractivity contribution in [1.82, 2.24) is 19.9 Å². The number of benzene rings is 1. The molecule has 3 aromatic heterocycles. The normalized spacial score (nSPS) is 14.4. The van der Waals surface area contributed by atoms with Crippen molar-refractivity contribution in [2.24, 2.45) is 0 Å². The second kappa shape index (κ2) is 8.75. The predicted octanol–water partition coefficient (Wildman–Crippen LogP) is 4.27. The van der Waals surface area contributed by atoms with Crippen LogP contribution in [0.5, 0.6) is 0 Å². The van der Waals surface area contributed by atoms with Crippen LogP contribution in [0, 0.1) is 0 Å². The van der Waals surface area contributed by atoms with Crippen LogP contribution in [0.4, 0.5) is 36.4 Å². The smallest absolute Gasteiger partial charge is 0.384 e. The highest BCUT2D eigenvalue weighted by Gasteiger charge is 2.33. The lowest BCUT2D eigenvalue weighted by molar-refractivity contribution is -0.136. The van der Waals surface area contributed by atoms with Crippen molar-refractivity contribution in [3.8, 4) is 11.3 Å². The molecule has 1 aliphatic heterocycles. The van der Waals surface area contributed by atoms with Crippen LogP contribution in [-0.4, -0.2) is 46.2 Å². The van der Waals surface area contributed by atoms with E-state index in [-0.39, 0.29) is 5.52 Å². The number of anilines is 4. The summed E-state index contributed by atoms with van der Waals surface area (Å²) in [4.78, 5) is 19.4. The maximum absolute atomic E-state index is 13.5. The number of fused-ring (bicyclic) bond motifs is 1.